The van der Waals surface area contributed by atoms with E-state index in [9.17, 15) is 9.59 Å². The molecular formula is C33H43N5O3. The summed E-state index contributed by atoms with van der Waals surface area (Å²) in [4.78, 5) is 38.1. The van der Waals surface area contributed by atoms with Crippen LogP contribution in [0.15, 0.2) is 59.4 Å². The van der Waals surface area contributed by atoms with Crippen LogP contribution in [0.3, 0.4) is 0 Å². The molecule has 1 aromatic heterocycles. The molecule has 1 saturated heterocycles. The van der Waals surface area contributed by atoms with Crippen LogP contribution in [-0.4, -0.2) is 57.9 Å². The zero-order valence-electron chi connectivity index (χ0n) is 25.4. The highest BCUT2D eigenvalue weighted by atomic mass is 16.6. The van der Waals surface area contributed by atoms with Crippen LogP contribution in [0.25, 0.3) is 5.69 Å². The van der Waals surface area contributed by atoms with E-state index in [4.69, 9.17) is 9.72 Å². The molecule has 0 spiro atoms. The first kappa shape index (κ1) is 28.7. The van der Waals surface area contributed by atoms with Gasteiger partial charge >= 0.3 is 11.8 Å². The number of para-hydroxylation sites is 2. The molecule has 1 amide bonds. The normalized spacial score (nSPS) is 19.4. The quantitative estimate of drug-likeness (QED) is 0.407. The average Bonchev–Trinajstić information content (AvgIpc) is 2.93. The summed E-state index contributed by atoms with van der Waals surface area (Å²) in [6, 6.07) is 18.4. The van der Waals surface area contributed by atoms with Gasteiger partial charge in [0.2, 0.25) is 0 Å². The zero-order chi connectivity index (χ0) is 29.5. The molecule has 8 nitrogen and oxygen atoms in total. The molecule has 3 heterocycles. The Morgan fingerprint density at radius 3 is 2.34 bits per heavy atom. The van der Waals surface area contributed by atoms with E-state index in [1.54, 1.807) is 4.90 Å². The van der Waals surface area contributed by atoms with Crippen LogP contribution in [0, 0.1) is 0 Å². The van der Waals surface area contributed by atoms with Crippen molar-refractivity contribution in [1.82, 2.24) is 14.5 Å². The summed E-state index contributed by atoms with van der Waals surface area (Å²) in [6.07, 6.45) is 0.468. The summed E-state index contributed by atoms with van der Waals surface area (Å²) in [5.41, 5.74) is 4.43. The lowest BCUT2D eigenvalue weighted by molar-refractivity contribution is 0.0129. The Labute approximate surface area is 243 Å². The smallest absolute Gasteiger partial charge is 0.410 e. The van der Waals surface area contributed by atoms with E-state index in [2.05, 4.69) is 60.9 Å². The van der Waals surface area contributed by atoms with E-state index < -0.39 is 5.60 Å². The molecular weight excluding hydrogens is 514 g/mol. The highest BCUT2D eigenvalue weighted by Crippen LogP contribution is 2.34. The highest BCUT2D eigenvalue weighted by Gasteiger charge is 2.37. The molecule has 5 rings (SSSR count). The molecule has 2 aliphatic rings. The number of hydrogen-bond acceptors (Lipinski definition) is 6. The number of amides is 1. The first-order valence-corrected chi connectivity index (χ1v) is 14.7. The molecule has 2 atom stereocenters. The van der Waals surface area contributed by atoms with Crippen LogP contribution < -0.4 is 15.5 Å². The molecule has 3 aromatic rings. The number of aromatic nitrogens is 2. The number of anilines is 2. The van der Waals surface area contributed by atoms with Crippen LogP contribution in [0.2, 0.25) is 0 Å². The van der Waals surface area contributed by atoms with Crippen molar-refractivity contribution in [1.29, 1.82) is 0 Å². The third kappa shape index (κ3) is 5.83. The topological polar surface area (TPSA) is 70.9 Å². The van der Waals surface area contributed by atoms with Crippen LogP contribution in [0.4, 0.5) is 16.3 Å². The van der Waals surface area contributed by atoms with Gasteiger partial charge in [-0.05, 0) is 70.7 Å². The second kappa shape index (κ2) is 11.2. The van der Waals surface area contributed by atoms with Gasteiger partial charge in [0.25, 0.3) is 0 Å². The predicted molar refractivity (Wildman–Crippen MR) is 164 cm³/mol. The molecule has 0 saturated carbocycles. The Morgan fingerprint density at radius 1 is 0.976 bits per heavy atom. The van der Waals surface area contributed by atoms with E-state index in [1.165, 1.54) is 0 Å². The first-order chi connectivity index (χ1) is 19.4. The van der Waals surface area contributed by atoms with Crippen molar-refractivity contribution in [3.05, 3.63) is 81.9 Å². The standard InChI is InChI=1S/C33H43N5O3/c1-22(2)26-15-11-12-16-28(26)38-29-21-35(25-13-9-8-10-14-25)18-17-27(29)30(34-31(38)39)36-19-24(4)37(20-23(36)3)32(40)41-33(5,6)7/h8-16,22-24H,17-21H2,1-7H3/t23-,24+/m0/s1. The number of benzene rings is 2. The number of rotatable bonds is 4. The Balaban J connectivity index is 1.58. The fourth-order valence-electron chi connectivity index (χ4n) is 6.04. The average molecular weight is 558 g/mol. The van der Waals surface area contributed by atoms with E-state index in [0.717, 1.165) is 47.0 Å². The Morgan fingerprint density at radius 2 is 1.66 bits per heavy atom. The van der Waals surface area contributed by atoms with Gasteiger partial charge in [0.05, 0.1) is 17.9 Å². The lowest BCUT2D eigenvalue weighted by atomic mass is 9.98. The van der Waals surface area contributed by atoms with Gasteiger partial charge in [0.1, 0.15) is 11.4 Å². The molecule has 218 valence electrons. The fraction of sp³-hybridized carbons (Fsp3) is 0.485. The van der Waals surface area contributed by atoms with Gasteiger partial charge < -0.3 is 19.4 Å². The maximum absolute atomic E-state index is 14.0. The molecule has 41 heavy (non-hydrogen) atoms. The lowest BCUT2D eigenvalue weighted by Crippen LogP contribution is -2.59. The SMILES string of the molecule is CC(C)c1ccccc1-n1c2c(c(N3C[C@@H](C)N(C(=O)OC(C)(C)C)C[C@@H]3C)nc1=O)CCN(c1ccccc1)C2. The van der Waals surface area contributed by atoms with Gasteiger partial charge in [-0.25, -0.2) is 9.59 Å². The number of fused-ring (bicyclic) bond motifs is 1. The van der Waals surface area contributed by atoms with Crippen molar-refractivity contribution < 1.29 is 9.53 Å². The van der Waals surface area contributed by atoms with E-state index in [1.807, 2.05) is 56.5 Å². The summed E-state index contributed by atoms with van der Waals surface area (Å²) < 4.78 is 7.53. The Kier molecular flexibility index (Phi) is 7.86. The molecule has 0 aliphatic carbocycles. The number of nitrogens with zero attached hydrogens (tertiary/aromatic N) is 5. The third-order valence-corrected chi connectivity index (χ3v) is 8.06. The summed E-state index contributed by atoms with van der Waals surface area (Å²) >= 11 is 0. The molecule has 0 bridgehead atoms. The minimum atomic E-state index is -0.556. The summed E-state index contributed by atoms with van der Waals surface area (Å²) in [5.74, 6) is 1.00. The van der Waals surface area contributed by atoms with Crippen molar-refractivity contribution in [3.63, 3.8) is 0 Å². The largest absolute Gasteiger partial charge is 0.444 e. The molecule has 8 heteroatoms. The van der Waals surface area contributed by atoms with Crippen molar-refractivity contribution in [2.24, 2.45) is 0 Å². The van der Waals surface area contributed by atoms with Crippen molar-refractivity contribution in [2.75, 3.05) is 29.4 Å². The van der Waals surface area contributed by atoms with Crippen LogP contribution in [0.1, 0.15) is 71.2 Å². The number of piperazine rings is 1. The molecule has 0 radical (unpaired) electrons. The maximum Gasteiger partial charge on any atom is 0.410 e. The van der Waals surface area contributed by atoms with Gasteiger partial charge in [-0.15, -0.1) is 0 Å². The van der Waals surface area contributed by atoms with Crippen molar-refractivity contribution >= 4 is 17.6 Å². The highest BCUT2D eigenvalue weighted by molar-refractivity contribution is 5.69. The second-order valence-corrected chi connectivity index (χ2v) is 12.7. The number of carbonyl (C=O) groups excluding carboxylic acids is 1. The molecule has 1 fully saturated rings. The van der Waals surface area contributed by atoms with Gasteiger partial charge in [-0.2, -0.15) is 4.98 Å². The third-order valence-electron chi connectivity index (χ3n) is 8.06. The van der Waals surface area contributed by atoms with Gasteiger partial charge in [-0.3, -0.25) is 4.57 Å². The van der Waals surface area contributed by atoms with Gasteiger partial charge in [-0.1, -0.05) is 50.2 Å². The number of ether oxygens (including phenoxy) is 1. The predicted octanol–water partition coefficient (Wildman–Crippen LogP) is 5.75. The van der Waals surface area contributed by atoms with Gasteiger partial charge in [0, 0.05) is 43.0 Å². The summed E-state index contributed by atoms with van der Waals surface area (Å²) in [7, 11) is 0. The molecule has 2 aromatic carbocycles. The van der Waals surface area contributed by atoms with Crippen LogP contribution in [-0.2, 0) is 17.7 Å². The Hall–Kier alpha value is -3.81. The maximum atomic E-state index is 14.0. The summed E-state index contributed by atoms with van der Waals surface area (Å²) in [6.45, 7) is 16.6. The molecule has 0 N–H and O–H groups in total. The van der Waals surface area contributed by atoms with E-state index in [0.29, 0.717) is 19.6 Å². The number of hydrogen-bond donors (Lipinski definition) is 0. The fourth-order valence-corrected chi connectivity index (χ4v) is 6.04. The Bertz CT molecular complexity index is 1460. The number of carbonyl (C=O) groups is 1. The molecule has 2 aliphatic heterocycles. The minimum absolute atomic E-state index is 0.0272. The summed E-state index contributed by atoms with van der Waals surface area (Å²) in [5, 5.41) is 0. The van der Waals surface area contributed by atoms with Crippen molar-refractivity contribution in [2.45, 2.75) is 85.0 Å². The minimum Gasteiger partial charge on any atom is -0.444 e. The second-order valence-electron chi connectivity index (χ2n) is 12.7. The van der Waals surface area contributed by atoms with Crippen molar-refractivity contribution in [3.8, 4) is 5.69 Å². The zero-order valence-corrected chi connectivity index (χ0v) is 25.4. The monoisotopic (exact) mass is 557 g/mol. The van der Waals surface area contributed by atoms with Crippen LogP contribution in [0.5, 0.6) is 0 Å². The lowest BCUT2D eigenvalue weighted by Gasteiger charge is -2.46. The van der Waals surface area contributed by atoms with Crippen LogP contribution >= 0.6 is 0 Å². The van der Waals surface area contributed by atoms with E-state index >= 15 is 0 Å². The van der Waals surface area contributed by atoms with E-state index in [-0.39, 0.29) is 29.8 Å². The van der Waals surface area contributed by atoms with Gasteiger partial charge in [0.15, 0.2) is 0 Å². The first-order valence-electron chi connectivity index (χ1n) is 14.7. The molecule has 0 unspecified atom stereocenters.